The van der Waals surface area contributed by atoms with Crippen molar-refractivity contribution in [1.82, 2.24) is 15.3 Å². The van der Waals surface area contributed by atoms with Crippen LogP contribution in [0.25, 0.3) is 0 Å². The third-order valence-corrected chi connectivity index (χ3v) is 2.93. The highest BCUT2D eigenvalue weighted by molar-refractivity contribution is 5.67. The van der Waals surface area contributed by atoms with E-state index >= 15 is 0 Å². The van der Waals surface area contributed by atoms with Gasteiger partial charge in [-0.25, -0.2) is 4.79 Å². The lowest BCUT2D eigenvalue weighted by Crippen LogP contribution is -2.46. The minimum Gasteiger partial charge on any atom is -0.444 e. The van der Waals surface area contributed by atoms with E-state index in [0.717, 1.165) is 11.4 Å². The van der Waals surface area contributed by atoms with E-state index in [1.54, 1.807) is 12.4 Å². The van der Waals surface area contributed by atoms with Crippen LogP contribution in [-0.4, -0.2) is 34.8 Å². The van der Waals surface area contributed by atoms with Crippen molar-refractivity contribution in [1.29, 1.82) is 0 Å². The van der Waals surface area contributed by atoms with Crippen LogP contribution in [0.3, 0.4) is 0 Å². The number of amides is 1. The summed E-state index contributed by atoms with van der Waals surface area (Å²) >= 11 is 0. The third kappa shape index (κ3) is 4.45. The topological polar surface area (TPSA) is 90.1 Å². The molecule has 0 aromatic carbocycles. The molecule has 20 heavy (non-hydrogen) atoms. The Bertz CT molecular complexity index is 470. The van der Waals surface area contributed by atoms with Crippen molar-refractivity contribution in [3.05, 3.63) is 23.8 Å². The number of ether oxygens (including phenoxy) is 1. The number of carbonyl (C=O) groups is 1. The highest BCUT2D eigenvalue weighted by atomic mass is 16.6. The average molecular weight is 280 g/mol. The van der Waals surface area contributed by atoms with E-state index in [1.165, 1.54) is 0 Å². The fourth-order valence-electron chi connectivity index (χ4n) is 1.83. The molecule has 1 aromatic heterocycles. The summed E-state index contributed by atoms with van der Waals surface area (Å²) in [4.78, 5) is 20.3. The van der Waals surface area contributed by atoms with Gasteiger partial charge in [-0.2, -0.15) is 0 Å². The van der Waals surface area contributed by atoms with Crippen LogP contribution in [-0.2, 0) is 10.2 Å². The molecule has 0 saturated carbocycles. The first-order valence-corrected chi connectivity index (χ1v) is 6.63. The summed E-state index contributed by atoms with van der Waals surface area (Å²) in [5, 5.41) is 2.75. The van der Waals surface area contributed by atoms with Crippen LogP contribution in [0.15, 0.2) is 12.4 Å². The summed E-state index contributed by atoms with van der Waals surface area (Å²) in [5.41, 5.74) is 6.46. The molecule has 112 valence electrons. The molecular formula is C14H24N4O2. The molecule has 0 aliphatic heterocycles. The van der Waals surface area contributed by atoms with Crippen LogP contribution in [0, 0.1) is 6.92 Å². The molecular weight excluding hydrogens is 256 g/mol. The highest BCUT2D eigenvalue weighted by Crippen LogP contribution is 2.21. The second-order valence-corrected chi connectivity index (χ2v) is 6.11. The molecule has 1 heterocycles. The van der Waals surface area contributed by atoms with Gasteiger partial charge in [0.1, 0.15) is 5.60 Å². The highest BCUT2D eigenvalue weighted by Gasteiger charge is 2.30. The Balaban J connectivity index is 2.77. The van der Waals surface area contributed by atoms with E-state index in [1.807, 2.05) is 34.6 Å². The molecule has 3 N–H and O–H groups in total. The predicted molar refractivity (Wildman–Crippen MR) is 77.4 cm³/mol. The van der Waals surface area contributed by atoms with Crippen LogP contribution in [0.4, 0.5) is 4.79 Å². The maximum Gasteiger partial charge on any atom is 0.407 e. The second-order valence-electron chi connectivity index (χ2n) is 6.11. The number of nitrogens with two attached hydrogens (primary N) is 1. The lowest BCUT2D eigenvalue weighted by molar-refractivity contribution is 0.0516. The molecule has 0 fully saturated rings. The van der Waals surface area contributed by atoms with Gasteiger partial charge >= 0.3 is 6.09 Å². The molecule has 0 radical (unpaired) electrons. The van der Waals surface area contributed by atoms with E-state index in [0.29, 0.717) is 13.1 Å². The molecule has 1 rings (SSSR count). The lowest BCUT2D eigenvalue weighted by atomic mass is 9.85. The number of hydrogen-bond acceptors (Lipinski definition) is 5. The molecule has 0 saturated heterocycles. The maximum absolute atomic E-state index is 11.7. The van der Waals surface area contributed by atoms with Crippen molar-refractivity contribution in [2.75, 3.05) is 13.1 Å². The van der Waals surface area contributed by atoms with Gasteiger partial charge in [-0.1, -0.05) is 6.92 Å². The Hall–Kier alpha value is -1.69. The minimum absolute atomic E-state index is 0.345. The number of carbonyl (C=O) groups excluding carboxylic acids is 1. The second kappa shape index (κ2) is 6.17. The number of nitrogens with one attached hydrogen (secondary N) is 1. The number of hydrogen-bond donors (Lipinski definition) is 2. The van der Waals surface area contributed by atoms with E-state index in [2.05, 4.69) is 15.3 Å². The summed E-state index contributed by atoms with van der Waals surface area (Å²) in [7, 11) is 0. The molecule has 1 unspecified atom stereocenters. The van der Waals surface area contributed by atoms with Crippen molar-refractivity contribution in [3.63, 3.8) is 0 Å². The van der Waals surface area contributed by atoms with Gasteiger partial charge in [-0.05, 0) is 27.7 Å². The first-order chi connectivity index (χ1) is 9.18. The fraction of sp³-hybridized carbons (Fsp3) is 0.643. The lowest BCUT2D eigenvalue weighted by Gasteiger charge is -2.29. The number of alkyl carbamates (subject to hydrolysis) is 1. The first kappa shape index (κ1) is 16.4. The normalized spacial score (nSPS) is 14.5. The van der Waals surface area contributed by atoms with Crippen LogP contribution < -0.4 is 11.1 Å². The molecule has 1 aromatic rings. The summed E-state index contributed by atoms with van der Waals surface area (Å²) in [6, 6.07) is 0. The Labute approximate surface area is 120 Å². The van der Waals surface area contributed by atoms with E-state index < -0.39 is 17.1 Å². The Morgan fingerprint density at radius 1 is 1.30 bits per heavy atom. The molecule has 1 atom stereocenters. The van der Waals surface area contributed by atoms with Crippen LogP contribution in [0.2, 0.25) is 0 Å². The fourth-order valence-corrected chi connectivity index (χ4v) is 1.83. The smallest absolute Gasteiger partial charge is 0.407 e. The zero-order chi connectivity index (χ0) is 15.4. The Kier molecular flexibility index (Phi) is 5.05. The van der Waals surface area contributed by atoms with Gasteiger partial charge in [0.2, 0.25) is 0 Å². The predicted octanol–water partition coefficient (Wildman–Crippen LogP) is 1.53. The van der Waals surface area contributed by atoms with Gasteiger partial charge < -0.3 is 15.8 Å². The molecule has 0 aliphatic carbocycles. The number of aromatic nitrogens is 2. The van der Waals surface area contributed by atoms with Gasteiger partial charge in [0, 0.05) is 30.9 Å². The maximum atomic E-state index is 11.7. The van der Waals surface area contributed by atoms with Crippen LogP contribution in [0.5, 0.6) is 0 Å². The van der Waals surface area contributed by atoms with Crippen molar-refractivity contribution >= 4 is 6.09 Å². The number of rotatable bonds is 4. The van der Waals surface area contributed by atoms with Gasteiger partial charge in [0.15, 0.2) is 0 Å². The number of nitrogens with zero attached hydrogens (tertiary/aromatic N) is 2. The summed E-state index contributed by atoms with van der Waals surface area (Å²) in [6.07, 6.45) is 2.81. The average Bonchev–Trinajstić information content (AvgIpc) is 2.34. The number of aryl methyl sites for hydroxylation is 1. The van der Waals surface area contributed by atoms with Crippen LogP contribution in [0.1, 0.15) is 39.1 Å². The quantitative estimate of drug-likeness (QED) is 0.872. The van der Waals surface area contributed by atoms with Crippen molar-refractivity contribution in [2.45, 2.75) is 45.6 Å². The molecule has 0 spiro atoms. The zero-order valence-corrected chi connectivity index (χ0v) is 12.9. The molecule has 0 aliphatic rings. The van der Waals surface area contributed by atoms with Crippen molar-refractivity contribution in [2.24, 2.45) is 5.73 Å². The van der Waals surface area contributed by atoms with Crippen molar-refractivity contribution < 1.29 is 9.53 Å². The molecule has 0 bridgehead atoms. The molecule has 6 heteroatoms. The Morgan fingerprint density at radius 2 is 1.90 bits per heavy atom. The largest absolute Gasteiger partial charge is 0.444 e. The van der Waals surface area contributed by atoms with Gasteiger partial charge in [-0.15, -0.1) is 0 Å². The monoisotopic (exact) mass is 280 g/mol. The van der Waals surface area contributed by atoms with Gasteiger partial charge in [-0.3, -0.25) is 9.97 Å². The standard InChI is InChI=1S/C14H24N4O2/c1-10-11(17-7-6-16-10)14(5,8-15)9-18-12(19)20-13(2,3)4/h6-7H,8-9,15H2,1-5H3,(H,18,19). The SMILES string of the molecule is Cc1nccnc1C(C)(CN)CNC(=O)OC(C)(C)C. The van der Waals surface area contributed by atoms with Gasteiger partial charge in [0.25, 0.3) is 0 Å². The van der Waals surface area contributed by atoms with E-state index in [-0.39, 0.29) is 0 Å². The summed E-state index contributed by atoms with van der Waals surface area (Å²) in [6.45, 7) is 9.98. The minimum atomic E-state index is -0.522. The Morgan fingerprint density at radius 3 is 2.40 bits per heavy atom. The third-order valence-electron chi connectivity index (χ3n) is 2.93. The summed E-state index contributed by atoms with van der Waals surface area (Å²) < 4.78 is 5.22. The summed E-state index contributed by atoms with van der Waals surface area (Å²) in [5.74, 6) is 0. The van der Waals surface area contributed by atoms with E-state index in [9.17, 15) is 4.79 Å². The van der Waals surface area contributed by atoms with Gasteiger partial charge in [0.05, 0.1) is 11.4 Å². The van der Waals surface area contributed by atoms with Crippen LogP contribution >= 0.6 is 0 Å². The van der Waals surface area contributed by atoms with Crippen molar-refractivity contribution in [3.8, 4) is 0 Å². The molecule has 1 amide bonds. The first-order valence-electron chi connectivity index (χ1n) is 6.63. The molecule has 6 nitrogen and oxygen atoms in total. The van der Waals surface area contributed by atoms with E-state index in [4.69, 9.17) is 10.5 Å². The zero-order valence-electron chi connectivity index (χ0n) is 12.9.